The molecule has 0 aliphatic carbocycles. The van der Waals surface area contributed by atoms with E-state index >= 15 is 0 Å². The van der Waals surface area contributed by atoms with Crippen molar-refractivity contribution >= 4 is 51.2 Å². The first-order chi connectivity index (χ1) is 13.6. The third-order valence-corrected chi connectivity index (χ3v) is 4.91. The predicted octanol–water partition coefficient (Wildman–Crippen LogP) is 4.87. The molecule has 0 unspecified atom stereocenters. The maximum atomic E-state index is 13.1. The van der Waals surface area contributed by atoms with Gasteiger partial charge in [-0.1, -0.05) is 37.1 Å². The second-order valence-electron chi connectivity index (χ2n) is 6.61. The van der Waals surface area contributed by atoms with Gasteiger partial charge >= 0.3 is 0 Å². The Morgan fingerprint density at radius 2 is 1.79 bits per heavy atom. The minimum absolute atomic E-state index is 0.315. The molecule has 2 heterocycles. The monoisotopic (exact) mass is 393 g/mol. The van der Waals surface area contributed by atoms with Crippen molar-refractivity contribution in [2.24, 2.45) is 0 Å². The van der Waals surface area contributed by atoms with Crippen LogP contribution in [-0.4, -0.2) is 20.4 Å². The topological polar surface area (TPSA) is 85.8 Å². The number of unbranched alkanes of at least 4 members (excludes halogenated alkanes) is 1. The van der Waals surface area contributed by atoms with Crippen molar-refractivity contribution in [2.45, 2.75) is 26.3 Å². The van der Waals surface area contributed by atoms with Crippen LogP contribution < -0.4 is 11.1 Å². The number of carbonyl (C=O) groups is 1. The summed E-state index contributed by atoms with van der Waals surface area (Å²) in [7, 11) is 0. The van der Waals surface area contributed by atoms with E-state index in [1.807, 2.05) is 28.8 Å². The normalized spacial score (nSPS) is 11.2. The van der Waals surface area contributed by atoms with Crippen LogP contribution in [0.1, 0.15) is 30.1 Å². The molecule has 0 saturated carbocycles. The zero-order valence-corrected chi connectivity index (χ0v) is 16.2. The van der Waals surface area contributed by atoms with Crippen molar-refractivity contribution in [3.8, 4) is 0 Å². The zero-order chi connectivity index (χ0) is 19.7. The number of nitrogens with one attached hydrogen (secondary N) is 1. The highest BCUT2D eigenvalue weighted by Gasteiger charge is 2.23. The van der Waals surface area contributed by atoms with Crippen molar-refractivity contribution in [1.29, 1.82) is 0 Å². The third kappa shape index (κ3) is 3.27. The molecular weight excluding hydrogens is 374 g/mol. The van der Waals surface area contributed by atoms with Gasteiger partial charge in [-0.2, -0.15) is 0 Å². The van der Waals surface area contributed by atoms with Crippen LogP contribution in [0.4, 0.5) is 11.5 Å². The summed E-state index contributed by atoms with van der Waals surface area (Å²) in [5.41, 5.74) is 10.0. The van der Waals surface area contributed by atoms with E-state index < -0.39 is 0 Å². The third-order valence-electron chi connectivity index (χ3n) is 4.66. The molecule has 0 bridgehead atoms. The number of benzene rings is 2. The van der Waals surface area contributed by atoms with Crippen molar-refractivity contribution in [2.75, 3.05) is 11.1 Å². The summed E-state index contributed by atoms with van der Waals surface area (Å²) >= 11 is 5.92. The second-order valence-corrected chi connectivity index (χ2v) is 7.05. The lowest BCUT2D eigenvalue weighted by Crippen LogP contribution is -2.14. The minimum Gasteiger partial charge on any atom is -0.384 e. The van der Waals surface area contributed by atoms with E-state index in [1.165, 1.54) is 0 Å². The van der Waals surface area contributed by atoms with Gasteiger partial charge in [0.2, 0.25) is 0 Å². The minimum atomic E-state index is -0.315. The zero-order valence-electron chi connectivity index (χ0n) is 15.4. The first-order valence-electron chi connectivity index (χ1n) is 9.20. The number of hydrogen-bond acceptors (Lipinski definition) is 4. The molecule has 2 aromatic heterocycles. The van der Waals surface area contributed by atoms with Crippen LogP contribution in [0, 0.1) is 0 Å². The van der Waals surface area contributed by atoms with Crippen LogP contribution >= 0.6 is 11.6 Å². The fourth-order valence-electron chi connectivity index (χ4n) is 3.21. The molecule has 0 aliphatic rings. The van der Waals surface area contributed by atoms with Gasteiger partial charge in [-0.15, -0.1) is 0 Å². The van der Waals surface area contributed by atoms with E-state index in [4.69, 9.17) is 27.3 Å². The van der Waals surface area contributed by atoms with Crippen LogP contribution in [-0.2, 0) is 6.54 Å². The van der Waals surface area contributed by atoms with Gasteiger partial charge in [-0.25, -0.2) is 9.97 Å². The Labute approximate surface area is 167 Å². The van der Waals surface area contributed by atoms with Crippen molar-refractivity contribution in [3.05, 3.63) is 59.1 Å². The molecule has 1 amide bonds. The molecule has 0 spiro atoms. The number of halogens is 1. The number of amides is 1. The number of rotatable bonds is 5. The van der Waals surface area contributed by atoms with Crippen molar-refractivity contribution in [3.63, 3.8) is 0 Å². The maximum Gasteiger partial charge on any atom is 0.261 e. The van der Waals surface area contributed by atoms with Gasteiger partial charge in [0.05, 0.1) is 11.0 Å². The van der Waals surface area contributed by atoms with Crippen LogP contribution in [0.3, 0.4) is 0 Å². The summed E-state index contributed by atoms with van der Waals surface area (Å²) in [5.74, 6) is 0.0647. The van der Waals surface area contributed by atoms with E-state index in [-0.39, 0.29) is 5.91 Å². The highest BCUT2D eigenvalue weighted by atomic mass is 35.5. The Kier molecular flexibility index (Phi) is 4.88. The van der Waals surface area contributed by atoms with Crippen LogP contribution in [0.15, 0.2) is 48.5 Å². The van der Waals surface area contributed by atoms with Crippen LogP contribution in [0.5, 0.6) is 0 Å². The lowest BCUT2D eigenvalue weighted by molar-refractivity contribution is 0.102. The molecule has 0 atom stereocenters. The Balaban J connectivity index is 1.85. The number of carbonyl (C=O) groups excluding carboxylic acids is 1. The number of aryl methyl sites for hydroxylation is 1. The molecule has 3 N–H and O–H groups in total. The lowest BCUT2D eigenvalue weighted by atomic mass is 10.2. The highest BCUT2D eigenvalue weighted by molar-refractivity contribution is 6.30. The maximum absolute atomic E-state index is 13.1. The molecule has 0 saturated heterocycles. The SMILES string of the molecule is CCCCn1c(N)c(C(=O)Nc2ccc(Cl)cc2)c2nc3ccccc3nc21. The summed E-state index contributed by atoms with van der Waals surface area (Å²) < 4.78 is 1.88. The smallest absolute Gasteiger partial charge is 0.261 e. The molecular formula is C21H20ClN5O. The number of fused-ring (bicyclic) bond motifs is 2. The quantitative estimate of drug-likeness (QED) is 0.506. The predicted molar refractivity (Wildman–Crippen MR) is 114 cm³/mol. The van der Waals surface area contributed by atoms with Crippen molar-refractivity contribution in [1.82, 2.24) is 14.5 Å². The van der Waals surface area contributed by atoms with E-state index in [1.54, 1.807) is 24.3 Å². The summed E-state index contributed by atoms with van der Waals surface area (Å²) in [6.07, 6.45) is 1.94. The largest absolute Gasteiger partial charge is 0.384 e. The summed E-state index contributed by atoms with van der Waals surface area (Å²) in [4.78, 5) is 22.5. The molecule has 4 aromatic rings. The van der Waals surface area contributed by atoms with E-state index in [9.17, 15) is 4.79 Å². The molecule has 6 nitrogen and oxygen atoms in total. The molecule has 28 heavy (non-hydrogen) atoms. The molecule has 7 heteroatoms. The number of aromatic nitrogens is 3. The number of nitrogens with two attached hydrogens (primary N) is 1. The molecule has 2 aromatic carbocycles. The van der Waals surface area contributed by atoms with Gasteiger partial charge < -0.3 is 15.6 Å². The fraction of sp³-hybridized carbons (Fsp3) is 0.190. The Morgan fingerprint density at radius 1 is 1.11 bits per heavy atom. The average molecular weight is 394 g/mol. The van der Waals surface area contributed by atoms with Gasteiger partial charge in [0.1, 0.15) is 16.9 Å². The summed E-state index contributed by atoms with van der Waals surface area (Å²) in [5, 5.41) is 3.48. The first-order valence-corrected chi connectivity index (χ1v) is 9.57. The summed E-state index contributed by atoms with van der Waals surface area (Å²) in [6, 6.07) is 14.5. The second kappa shape index (κ2) is 7.48. The van der Waals surface area contributed by atoms with E-state index in [0.29, 0.717) is 39.8 Å². The van der Waals surface area contributed by atoms with Gasteiger partial charge in [0.25, 0.3) is 5.91 Å². The number of hydrogen-bond donors (Lipinski definition) is 2. The average Bonchev–Trinajstić information content (AvgIpc) is 2.96. The van der Waals surface area contributed by atoms with Crippen LogP contribution in [0.2, 0.25) is 5.02 Å². The molecule has 142 valence electrons. The van der Waals surface area contributed by atoms with Gasteiger partial charge in [0.15, 0.2) is 5.65 Å². The van der Waals surface area contributed by atoms with E-state index in [2.05, 4.69) is 12.2 Å². The van der Waals surface area contributed by atoms with Crippen molar-refractivity contribution < 1.29 is 4.79 Å². The standard InChI is InChI=1S/C21H20ClN5O/c1-2-3-12-27-19(23)17(21(28)24-14-10-8-13(22)9-11-14)18-20(27)26-16-7-5-4-6-15(16)25-18/h4-11H,2-3,12,23H2,1H3,(H,24,28). The molecule has 0 aliphatic heterocycles. The molecule has 0 fully saturated rings. The molecule has 0 radical (unpaired) electrons. The Bertz CT molecular complexity index is 1170. The van der Waals surface area contributed by atoms with E-state index in [0.717, 1.165) is 23.9 Å². The summed E-state index contributed by atoms with van der Waals surface area (Å²) in [6.45, 7) is 2.79. The van der Waals surface area contributed by atoms with Crippen LogP contribution in [0.25, 0.3) is 22.2 Å². The van der Waals surface area contributed by atoms with Gasteiger partial charge in [0, 0.05) is 17.3 Å². The molecule has 4 rings (SSSR count). The highest BCUT2D eigenvalue weighted by Crippen LogP contribution is 2.29. The van der Waals surface area contributed by atoms with Gasteiger partial charge in [-0.3, -0.25) is 4.79 Å². The number of nitrogen functional groups attached to an aromatic ring is 1. The number of anilines is 2. The Morgan fingerprint density at radius 3 is 2.46 bits per heavy atom. The number of nitrogens with zero attached hydrogens (tertiary/aromatic N) is 3. The lowest BCUT2D eigenvalue weighted by Gasteiger charge is -2.07. The Hall–Kier alpha value is -3.12. The number of para-hydroxylation sites is 2. The first kappa shape index (κ1) is 18.3. The van der Waals surface area contributed by atoms with Gasteiger partial charge in [-0.05, 0) is 42.8 Å². The fourth-order valence-corrected chi connectivity index (χ4v) is 3.34.